The van der Waals surface area contributed by atoms with Gasteiger partial charge in [-0.3, -0.25) is 4.90 Å². The molecule has 5 heteroatoms. The van der Waals surface area contributed by atoms with Crippen LogP contribution in [0.1, 0.15) is 28.4 Å². The molecule has 0 saturated carbocycles. The summed E-state index contributed by atoms with van der Waals surface area (Å²) in [4.78, 5) is 16.0. The zero-order valence-corrected chi connectivity index (χ0v) is 15.3. The van der Waals surface area contributed by atoms with Crippen molar-refractivity contribution in [3.63, 3.8) is 0 Å². The zero-order chi connectivity index (χ0) is 18.5. The molecule has 1 aliphatic rings. The number of anilines is 1. The van der Waals surface area contributed by atoms with E-state index in [9.17, 15) is 9.18 Å². The van der Waals surface area contributed by atoms with Crippen molar-refractivity contribution in [1.82, 2.24) is 4.90 Å². The third kappa shape index (κ3) is 4.22. The van der Waals surface area contributed by atoms with Crippen LogP contribution in [0.2, 0.25) is 0 Å². The lowest BCUT2D eigenvalue weighted by atomic mass is 10.0. The van der Waals surface area contributed by atoms with E-state index in [4.69, 9.17) is 4.74 Å². The standard InChI is InChI=1S/C21H25FN2O2/c1-23(19-10-8-17(9-11-19)21(25)26-2)20(16-6-4-3-5-7-16)15-24-13-12-18(22)14-24/h3-11,18,20H,12-15H2,1-2H3. The number of hydrogen-bond donors (Lipinski definition) is 0. The molecule has 0 aromatic heterocycles. The first-order valence-electron chi connectivity index (χ1n) is 8.91. The summed E-state index contributed by atoms with van der Waals surface area (Å²) in [7, 11) is 3.41. The number of nitrogens with zero attached hydrogens (tertiary/aromatic N) is 2. The van der Waals surface area contributed by atoms with E-state index in [2.05, 4.69) is 21.9 Å². The molecule has 0 bridgehead atoms. The van der Waals surface area contributed by atoms with Crippen LogP contribution in [0.5, 0.6) is 0 Å². The molecule has 1 saturated heterocycles. The van der Waals surface area contributed by atoms with Crippen molar-refractivity contribution in [3.8, 4) is 0 Å². The first-order chi connectivity index (χ1) is 12.6. The molecule has 138 valence electrons. The number of halogens is 1. The fourth-order valence-electron chi connectivity index (χ4n) is 3.45. The number of alkyl halides is 1. The smallest absolute Gasteiger partial charge is 0.337 e. The fraction of sp³-hybridized carbons (Fsp3) is 0.381. The summed E-state index contributed by atoms with van der Waals surface area (Å²) in [6.45, 7) is 2.05. The lowest BCUT2D eigenvalue weighted by Crippen LogP contribution is -2.35. The van der Waals surface area contributed by atoms with Crippen LogP contribution < -0.4 is 4.90 Å². The van der Waals surface area contributed by atoms with Gasteiger partial charge in [0.1, 0.15) is 6.17 Å². The minimum atomic E-state index is -0.726. The number of ether oxygens (including phenoxy) is 1. The van der Waals surface area contributed by atoms with E-state index in [1.807, 2.05) is 37.4 Å². The molecule has 0 aliphatic carbocycles. The Morgan fingerprint density at radius 2 is 1.92 bits per heavy atom. The maximum absolute atomic E-state index is 13.6. The van der Waals surface area contributed by atoms with Crippen molar-refractivity contribution in [1.29, 1.82) is 0 Å². The van der Waals surface area contributed by atoms with Crippen molar-refractivity contribution in [2.75, 3.05) is 38.7 Å². The van der Waals surface area contributed by atoms with Crippen molar-refractivity contribution in [3.05, 3.63) is 65.7 Å². The largest absolute Gasteiger partial charge is 0.465 e. The lowest BCUT2D eigenvalue weighted by molar-refractivity contribution is 0.0601. The highest BCUT2D eigenvalue weighted by Gasteiger charge is 2.27. The van der Waals surface area contributed by atoms with Gasteiger partial charge < -0.3 is 9.64 Å². The van der Waals surface area contributed by atoms with E-state index in [1.54, 1.807) is 12.1 Å². The third-order valence-corrected chi connectivity index (χ3v) is 4.99. The highest BCUT2D eigenvalue weighted by molar-refractivity contribution is 5.89. The van der Waals surface area contributed by atoms with Crippen molar-refractivity contribution in [2.24, 2.45) is 0 Å². The molecular weight excluding hydrogens is 331 g/mol. The number of likely N-dealkylation sites (tertiary alicyclic amines) is 1. The monoisotopic (exact) mass is 356 g/mol. The normalized spacial score (nSPS) is 18.5. The number of methoxy groups -OCH3 is 1. The van der Waals surface area contributed by atoms with E-state index in [0.29, 0.717) is 18.5 Å². The predicted molar refractivity (Wildman–Crippen MR) is 101 cm³/mol. The summed E-state index contributed by atoms with van der Waals surface area (Å²) in [5.41, 5.74) is 2.72. The van der Waals surface area contributed by atoms with Gasteiger partial charge in [0.25, 0.3) is 0 Å². The molecular formula is C21H25FN2O2. The van der Waals surface area contributed by atoms with Crippen LogP contribution in [0.4, 0.5) is 10.1 Å². The predicted octanol–water partition coefficient (Wildman–Crippen LogP) is 3.69. The number of hydrogen-bond acceptors (Lipinski definition) is 4. The summed E-state index contributed by atoms with van der Waals surface area (Å²) in [5.74, 6) is -0.343. The number of carbonyl (C=O) groups excluding carboxylic acids is 1. The Bertz CT molecular complexity index is 721. The second-order valence-electron chi connectivity index (χ2n) is 6.72. The first kappa shape index (κ1) is 18.4. The van der Waals surface area contributed by atoms with Crippen LogP contribution in [-0.2, 0) is 4.74 Å². The van der Waals surface area contributed by atoms with Crippen LogP contribution in [0.15, 0.2) is 54.6 Å². The minimum Gasteiger partial charge on any atom is -0.465 e. The summed E-state index contributed by atoms with van der Waals surface area (Å²) in [6.07, 6.45) is -0.116. The molecule has 26 heavy (non-hydrogen) atoms. The van der Waals surface area contributed by atoms with Crippen molar-refractivity contribution < 1.29 is 13.9 Å². The molecule has 3 rings (SSSR count). The minimum absolute atomic E-state index is 0.102. The van der Waals surface area contributed by atoms with E-state index < -0.39 is 6.17 Å². The van der Waals surface area contributed by atoms with Crippen LogP contribution in [0.25, 0.3) is 0 Å². The Kier molecular flexibility index (Phi) is 5.89. The Morgan fingerprint density at radius 3 is 2.50 bits per heavy atom. The van der Waals surface area contributed by atoms with Gasteiger partial charge in [0.2, 0.25) is 0 Å². The molecule has 2 atom stereocenters. The molecule has 2 unspecified atom stereocenters. The van der Waals surface area contributed by atoms with Crippen LogP contribution in [0.3, 0.4) is 0 Å². The Morgan fingerprint density at radius 1 is 1.23 bits per heavy atom. The Labute approximate surface area is 154 Å². The molecule has 0 N–H and O–H groups in total. The van der Waals surface area contributed by atoms with Gasteiger partial charge in [-0.1, -0.05) is 30.3 Å². The summed E-state index contributed by atoms with van der Waals surface area (Å²) < 4.78 is 18.4. The molecule has 1 heterocycles. The van der Waals surface area contributed by atoms with Gasteiger partial charge in [0, 0.05) is 32.4 Å². The number of benzene rings is 2. The number of carbonyl (C=O) groups is 1. The van der Waals surface area contributed by atoms with Gasteiger partial charge in [-0.2, -0.15) is 0 Å². The molecule has 2 aromatic carbocycles. The van der Waals surface area contributed by atoms with Gasteiger partial charge in [0.05, 0.1) is 18.7 Å². The molecule has 2 aromatic rings. The number of rotatable bonds is 6. The fourth-order valence-corrected chi connectivity index (χ4v) is 3.45. The van der Waals surface area contributed by atoms with Crippen LogP contribution in [-0.4, -0.2) is 50.8 Å². The average Bonchev–Trinajstić information content (AvgIpc) is 3.10. The summed E-state index contributed by atoms with van der Waals surface area (Å²) in [6, 6.07) is 17.7. The van der Waals surface area contributed by atoms with Crippen molar-refractivity contribution >= 4 is 11.7 Å². The summed E-state index contributed by atoms with van der Waals surface area (Å²) in [5, 5.41) is 0. The van der Waals surface area contributed by atoms with E-state index in [0.717, 1.165) is 18.8 Å². The van der Waals surface area contributed by atoms with Crippen LogP contribution in [0, 0.1) is 0 Å². The number of likely N-dealkylation sites (N-methyl/N-ethyl adjacent to an activating group) is 1. The van der Waals surface area contributed by atoms with Gasteiger partial charge in [-0.05, 0) is 36.2 Å². The van der Waals surface area contributed by atoms with Crippen molar-refractivity contribution in [2.45, 2.75) is 18.6 Å². The molecule has 4 nitrogen and oxygen atoms in total. The van der Waals surface area contributed by atoms with Crippen LogP contribution >= 0.6 is 0 Å². The molecule has 1 aliphatic heterocycles. The SMILES string of the molecule is COC(=O)c1ccc(N(C)C(CN2CCC(F)C2)c2ccccc2)cc1. The summed E-state index contributed by atoms with van der Waals surface area (Å²) >= 11 is 0. The van der Waals surface area contributed by atoms with Gasteiger partial charge in [-0.25, -0.2) is 9.18 Å². The quantitative estimate of drug-likeness (QED) is 0.739. The third-order valence-electron chi connectivity index (χ3n) is 4.99. The Hall–Kier alpha value is -2.40. The zero-order valence-electron chi connectivity index (χ0n) is 15.3. The second-order valence-corrected chi connectivity index (χ2v) is 6.72. The van der Waals surface area contributed by atoms with E-state index >= 15 is 0 Å². The topological polar surface area (TPSA) is 32.8 Å². The van der Waals surface area contributed by atoms with Gasteiger partial charge in [0.15, 0.2) is 0 Å². The van der Waals surface area contributed by atoms with E-state index in [-0.39, 0.29) is 12.0 Å². The Balaban J connectivity index is 1.82. The number of esters is 1. The maximum Gasteiger partial charge on any atom is 0.337 e. The van der Waals surface area contributed by atoms with Gasteiger partial charge >= 0.3 is 5.97 Å². The second kappa shape index (κ2) is 8.32. The highest BCUT2D eigenvalue weighted by Crippen LogP contribution is 2.28. The molecule has 1 fully saturated rings. The van der Waals surface area contributed by atoms with E-state index in [1.165, 1.54) is 12.7 Å². The molecule has 0 spiro atoms. The molecule has 0 radical (unpaired) electrons. The average molecular weight is 356 g/mol. The maximum atomic E-state index is 13.6. The van der Waals surface area contributed by atoms with Gasteiger partial charge in [-0.15, -0.1) is 0 Å². The molecule has 0 amide bonds. The first-order valence-corrected chi connectivity index (χ1v) is 8.91. The lowest BCUT2D eigenvalue weighted by Gasteiger charge is -2.33. The highest BCUT2D eigenvalue weighted by atomic mass is 19.1.